The van der Waals surface area contributed by atoms with Crippen molar-refractivity contribution in [3.05, 3.63) is 24.3 Å². The maximum absolute atomic E-state index is 12.8. The highest BCUT2D eigenvalue weighted by atomic mass is 16.5. The van der Waals surface area contributed by atoms with Gasteiger partial charge in [-0.2, -0.15) is 0 Å². The summed E-state index contributed by atoms with van der Waals surface area (Å²) in [4.78, 5) is 28.8. The number of ether oxygens (including phenoxy) is 2. The number of methoxy groups -OCH3 is 1. The fourth-order valence-corrected chi connectivity index (χ4v) is 3.70. The summed E-state index contributed by atoms with van der Waals surface area (Å²) in [6, 6.07) is 7.43. The number of benzene rings is 1. The minimum absolute atomic E-state index is 0.0212. The van der Waals surface area contributed by atoms with E-state index in [-0.39, 0.29) is 30.3 Å². The lowest BCUT2D eigenvalue weighted by Crippen LogP contribution is -2.44. The van der Waals surface area contributed by atoms with Gasteiger partial charge in [-0.15, -0.1) is 0 Å². The molecule has 0 spiro atoms. The van der Waals surface area contributed by atoms with Crippen LogP contribution in [0.25, 0.3) is 0 Å². The molecule has 6 nitrogen and oxygen atoms in total. The summed E-state index contributed by atoms with van der Waals surface area (Å²) in [6.07, 6.45) is 2.26. The Hall–Kier alpha value is -2.08. The van der Waals surface area contributed by atoms with Crippen molar-refractivity contribution < 1.29 is 19.1 Å². The first kappa shape index (κ1) is 17.7. The number of nitrogens with zero attached hydrogens (tertiary/aromatic N) is 2. The number of likely N-dealkylation sites (tertiary alicyclic amines) is 1. The van der Waals surface area contributed by atoms with E-state index < -0.39 is 0 Å². The predicted molar refractivity (Wildman–Crippen MR) is 94.7 cm³/mol. The molecule has 2 fully saturated rings. The first-order valence-corrected chi connectivity index (χ1v) is 8.97. The molecule has 0 aromatic heterocycles. The predicted octanol–water partition coefficient (Wildman–Crippen LogP) is 2.08. The van der Waals surface area contributed by atoms with Crippen LogP contribution in [0.1, 0.15) is 26.2 Å². The van der Waals surface area contributed by atoms with Crippen molar-refractivity contribution >= 4 is 17.5 Å². The number of para-hydroxylation sites is 2. The van der Waals surface area contributed by atoms with Gasteiger partial charge >= 0.3 is 0 Å². The van der Waals surface area contributed by atoms with E-state index in [2.05, 4.69) is 0 Å². The molecule has 2 heterocycles. The summed E-state index contributed by atoms with van der Waals surface area (Å²) in [7, 11) is 1.59. The van der Waals surface area contributed by atoms with Crippen molar-refractivity contribution in [2.75, 3.05) is 38.3 Å². The van der Waals surface area contributed by atoms with Crippen LogP contribution in [0.3, 0.4) is 0 Å². The first-order chi connectivity index (χ1) is 12.1. The lowest BCUT2D eigenvalue weighted by Gasteiger charge is -2.33. The second-order valence-electron chi connectivity index (χ2n) is 6.56. The van der Waals surface area contributed by atoms with Gasteiger partial charge in [0.1, 0.15) is 5.75 Å². The van der Waals surface area contributed by atoms with E-state index in [0.717, 1.165) is 18.5 Å². The first-order valence-electron chi connectivity index (χ1n) is 8.97. The van der Waals surface area contributed by atoms with Gasteiger partial charge in [-0.05, 0) is 31.9 Å². The lowest BCUT2D eigenvalue weighted by atomic mass is 10.0. The summed E-state index contributed by atoms with van der Waals surface area (Å²) < 4.78 is 11.0. The number of amides is 2. The Balaban J connectivity index is 1.63. The van der Waals surface area contributed by atoms with Gasteiger partial charge in [0, 0.05) is 32.7 Å². The fourth-order valence-electron chi connectivity index (χ4n) is 3.70. The van der Waals surface area contributed by atoms with Gasteiger partial charge < -0.3 is 19.3 Å². The minimum atomic E-state index is -0.277. The van der Waals surface area contributed by atoms with Crippen molar-refractivity contribution in [1.82, 2.24) is 4.90 Å². The molecule has 1 aromatic carbocycles. The van der Waals surface area contributed by atoms with Gasteiger partial charge in [0.25, 0.3) is 0 Å². The largest absolute Gasteiger partial charge is 0.495 e. The van der Waals surface area contributed by atoms with E-state index in [4.69, 9.17) is 9.47 Å². The van der Waals surface area contributed by atoms with Crippen molar-refractivity contribution in [2.24, 2.45) is 5.92 Å². The zero-order chi connectivity index (χ0) is 17.8. The van der Waals surface area contributed by atoms with Gasteiger partial charge in [0.2, 0.25) is 11.8 Å². The minimum Gasteiger partial charge on any atom is -0.495 e. The molecule has 0 N–H and O–H groups in total. The number of carbonyl (C=O) groups is 2. The Labute approximate surface area is 148 Å². The molecule has 0 unspecified atom stereocenters. The van der Waals surface area contributed by atoms with Crippen LogP contribution >= 0.6 is 0 Å². The Morgan fingerprint density at radius 3 is 2.64 bits per heavy atom. The number of piperidine rings is 1. The smallest absolute Gasteiger partial charge is 0.228 e. The molecule has 0 saturated carbocycles. The van der Waals surface area contributed by atoms with Gasteiger partial charge in [-0.25, -0.2) is 0 Å². The van der Waals surface area contributed by atoms with E-state index >= 15 is 0 Å². The summed E-state index contributed by atoms with van der Waals surface area (Å²) in [6.45, 7) is 4.55. The van der Waals surface area contributed by atoms with Crippen LogP contribution in [-0.2, 0) is 14.3 Å². The molecule has 0 radical (unpaired) electrons. The monoisotopic (exact) mass is 346 g/mol. The third-order valence-electron chi connectivity index (χ3n) is 5.01. The molecular formula is C19H26N2O4. The topological polar surface area (TPSA) is 59.1 Å². The summed E-state index contributed by atoms with van der Waals surface area (Å²) in [5.41, 5.74) is 0.736. The SMILES string of the molecule is CCOC1CCN(C(=O)[C@H]2CC(=O)N(c3ccccc3OC)C2)CC1. The Morgan fingerprint density at radius 1 is 1.24 bits per heavy atom. The van der Waals surface area contributed by atoms with Crippen molar-refractivity contribution in [3.63, 3.8) is 0 Å². The quantitative estimate of drug-likeness (QED) is 0.819. The third kappa shape index (κ3) is 3.79. The van der Waals surface area contributed by atoms with Crippen LogP contribution in [0.4, 0.5) is 5.69 Å². The van der Waals surface area contributed by atoms with Gasteiger partial charge in [0.15, 0.2) is 0 Å². The van der Waals surface area contributed by atoms with Crippen LogP contribution in [0, 0.1) is 5.92 Å². The van der Waals surface area contributed by atoms with E-state index in [0.29, 0.717) is 32.0 Å². The zero-order valence-electron chi connectivity index (χ0n) is 14.9. The highest BCUT2D eigenvalue weighted by Gasteiger charge is 2.38. The molecule has 2 aliphatic heterocycles. The third-order valence-corrected chi connectivity index (χ3v) is 5.01. The molecule has 2 aliphatic rings. The average Bonchev–Trinajstić information content (AvgIpc) is 3.03. The highest BCUT2D eigenvalue weighted by molar-refractivity contribution is 6.01. The molecular weight excluding hydrogens is 320 g/mol. The molecule has 25 heavy (non-hydrogen) atoms. The maximum atomic E-state index is 12.8. The lowest BCUT2D eigenvalue weighted by molar-refractivity contribution is -0.138. The van der Waals surface area contributed by atoms with Crippen LogP contribution in [0.15, 0.2) is 24.3 Å². The Kier molecular flexibility index (Phi) is 5.58. The second kappa shape index (κ2) is 7.87. The maximum Gasteiger partial charge on any atom is 0.228 e. The van der Waals surface area contributed by atoms with E-state index in [9.17, 15) is 9.59 Å². The van der Waals surface area contributed by atoms with Gasteiger partial charge in [-0.1, -0.05) is 12.1 Å². The zero-order valence-corrected chi connectivity index (χ0v) is 14.9. The standard InChI is InChI=1S/C19H26N2O4/c1-3-25-15-8-10-20(11-9-15)19(23)14-12-18(22)21(13-14)16-6-4-5-7-17(16)24-2/h4-7,14-15H,3,8-13H2,1-2H3/t14-/m0/s1. The van der Waals surface area contributed by atoms with E-state index in [1.807, 2.05) is 36.1 Å². The Bertz CT molecular complexity index is 626. The molecule has 0 aliphatic carbocycles. The normalized spacial score (nSPS) is 21.7. The highest BCUT2D eigenvalue weighted by Crippen LogP contribution is 2.33. The molecule has 6 heteroatoms. The average molecular weight is 346 g/mol. The van der Waals surface area contributed by atoms with Crippen molar-refractivity contribution in [2.45, 2.75) is 32.3 Å². The Morgan fingerprint density at radius 2 is 1.96 bits per heavy atom. The van der Waals surface area contributed by atoms with Crippen LogP contribution in [-0.4, -0.2) is 56.2 Å². The van der Waals surface area contributed by atoms with Crippen LogP contribution < -0.4 is 9.64 Å². The number of hydrogen-bond acceptors (Lipinski definition) is 4. The molecule has 136 valence electrons. The summed E-state index contributed by atoms with van der Waals surface area (Å²) in [5.74, 6) is 0.440. The van der Waals surface area contributed by atoms with Gasteiger partial charge in [-0.3, -0.25) is 9.59 Å². The van der Waals surface area contributed by atoms with Gasteiger partial charge in [0.05, 0.1) is 24.8 Å². The molecule has 2 saturated heterocycles. The molecule has 1 atom stereocenters. The van der Waals surface area contributed by atoms with Crippen LogP contribution in [0.2, 0.25) is 0 Å². The molecule has 3 rings (SSSR count). The molecule has 0 bridgehead atoms. The number of anilines is 1. The molecule has 2 amide bonds. The summed E-state index contributed by atoms with van der Waals surface area (Å²) >= 11 is 0. The number of rotatable bonds is 5. The number of hydrogen-bond donors (Lipinski definition) is 0. The van der Waals surface area contributed by atoms with Crippen molar-refractivity contribution in [1.29, 1.82) is 0 Å². The number of carbonyl (C=O) groups excluding carboxylic acids is 2. The summed E-state index contributed by atoms with van der Waals surface area (Å²) in [5, 5.41) is 0. The molecule has 1 aromatic rings. The van der Waals surface area contributed by atoms with Crippen LogP contribution in [0.5, 0.6) is 5.75 Å². The van der Waals surface area contributed by atoms with Crippen molar-refractivity contribution in [3.8, 4) is 5.75 Å². The second-order valence-corrected chi connectivity index (χ2v) is 6.56. The van der Waals surface area contributed by atoms with E-state index in [1.165, 1.54) is 0 Å². The fraction of sp³-hybridized carbons (Fsp3) is 0.579. The van der Waals surface area contributed by atoms with E-state index in [1.54, 1.807) is 12.0 Å².